The third-order valence-electron chi connectivity index (χ3n) is 3.58. The second-order valence-electron chi connectivity index (χ2n) is 5.11. The van der Waals surface area contributed by atoms with Crippen LogP contribution in [0.2, 0.25) is 5.02 Å². The number of nitrogens with zero attached hydrogens (tertiary/aromatic N) is 2. The van der Waals surface area contributed by atoms with Gasteiger partial charge >= 0.3 is 5.97 Å². The van der Waals surface area contributed by atoms with Crippen LogP contribution in [0.15, 0.2) is 53.1 Å². The fourth-order valence-electron chi connectivity index (χ4n) is 2.39. The van der Waals surface area contributed by atoms with E-state index in [0.717, 1.165) is 5.56 Å². The number of carboxylic acids is 1. The van der Waals surface area contributed by atoms with Crippen LogP contribution in [0.1, 0.15) is 5.56 Å². The predicted molar refractivity (Wildman–Crippen MR) is 90.4 cm³/mol. The minimum atomic E-state index is -1.07. The molecule has 0 spiro atoms. The maximum atomic E-state index is 12.6. The van der Waals surface area contributed by atoms with Gasteiger partial charge in [-0.15, -0.1) is 0 Å². The van der Waals surface area contributed by atoms with Gasteiger partial charge in [0.2, 0.25) is 11.0 Å². The Morgan fingerprint density at radius 1 is 1.35 bits per heavy atom. The van der Waals surface area contributed by atoms with E-state index in [2.05, 4.69) is 4.99 Å². The molecule has 0 bridgehead atoms. The topological polar surface area (TPSA) is 70.0 Å². The van der Waals surface area contributed by atoms with Gasteiger partial charge in [-0.1, -0.05) is 35.9 Å². The summed E-state index contributed by atoms with van der Waals surface area (Å²) in [6.07, 6.45) is 4.34. The Morgan fingerprint density at radius 3 is 2.70 bits per heavy atom. The minimum Gasteiger partial charge on any atom is -0.478 e. The number of carbonyl (C=O) groups excluding carboxylic acids is 1. The van der Waals surface area contributed by atoms with Gasteiger partial charge in [-0.2, -0.15) is 0 Å². The van der Waals surface area contributed by atoms with Crippen molar-refractivity contribution in [3.63, 3.8) is 0 Å². The minimum absolute atomic E-state index is 0.0850. The molecule has 3 rings (SSSR count). The first-order chi connectivity index (χ1) is 11.0. The van der Waals surface area contributed by atoms with Crippen molar-refractivity contribution < 1.29 is 14.7 Å². The Balaban J connectivity index is 1.88. The zero-order chi connectivity index (χ0) is 16.6. The lowest BCUT2D eigenvalue weighted by molar-refractivity contribution is -0.132. The lowest BCUT2D eigenvalue weighted by atomic mass is 9.92. The number of thiocarbonyl (C=S) groups is 1. The average Bonchev–Trinajstić information content (AvgIpc) is 2.52. The molecule has 0 fully saturated rings. The lowest BCUT2D eigenvalue weighted by Crippen LogP contribution is -2.45. The molecule has 1 heterocycles. The number of fused-ring (bicyclic) bond motifs is 1. The summed E-state index contributed by atoms with van der Waals surface area (Å²) in [5.74, 6) is -1.88. The van der Waals surface area contributed by atoms with E-state index in [-0.39, 0.29) is 16.6 Å². The molecule has 1 aliphatic heterocycles. The standard InChI is InChI=1S/C16H11ClN2O3S/c17-11-4-1-9(2-5-11)8-19-14(20)12-6-3-10(15(21)22)7-13(12)18-16(19)23/h1-7,12H,8H2,(H,21,22). The van der Waals surface area contributed by atoms with E-state index in [4.69, 9.17) is 28.9 Å². The van der Waals surface area contributed by atoms with Gasteiger partial charge in [0.05, 0.1) is 23.7 Å². The first kappa shape index (κ1) is 15.6. The number of aliphatic carboxylic acids is 1. The number of aliphatic imine (C=N–C) groups is 1. The van der Waals surface area contributed by atoms with Crippen LogP contribution >= 0.6 is 23.8 Å². The molecule has 1 atom stereocenters. The maximum Gasteiger partial charge on any atom is 0.335 e. The first-order valence-electron chi connectivity index (χ1n) is 6.77. The van der Waals surface area contributed by atoms with Gasteiger partial charge in [-0.25, -0.2) is 9.79 Å². The van der Waals surface area contributed by atoms with Crippen LogP contribution in [-0.4, -0.2) is 32.7 Å². The molecule has 0 radical (unpaired) electrons. The normalized spacial score (nSPS) is 20.0. The van der Waals surface area contributed by atoms with Gasteiger partial charge < -0.3 is 5.11 Å². The van der Waals surface area contributed by atoms with E-state index >= 15 is 0 Å². The molecule has 0 saturated heterocycles. The summed E-state index contributed by atoms with van der Waals surface area (Å²) in [7, 11) is 0. The van der Waals surface area contributed by atoms with Gasteiger partial charge in [0.1, 0.15) is 0 Å². The molecular weight excluding hydrogens is 336 g/mol. The van der Waals surface area contributed by atoms with E-state index in [1.54, 1.807) is 18.2 Å². The molecule has 2 aliphatic rings. The molecule has 1 N–H and O–H groups in total. The van der Waals surface area contributed by atoms with E-state index in [1.807, 2.05) is 12.1 Å². The fraction of sp³-hybridized carbons (Fsp3) is 0.125. The lowest BCUT2D eigenvalue weighted by Gasteiger charge is -2.30. The van der Waals surface area contributed by atoms with E-state index in [1.165, 1.54) is 17.1 Å². The van der Waals surface area contributed by atoms with Gasteiger partial charge in [0.25, 0.3) is 0 Å². The van der Waals surface area contributed by atoms with Gasteiger partial charge in [-0.3, -0.25) is 9.69 Å². The molecule has 1 unspecified atom stereocenters. The van der Waals surface area contributed by atoms with Crippen LogP contribution in [0.3, 0.4) is 0 Å². The molecule has 23 heavy (non-hydrogen) atoms. The molecule has 1 aromatic carbocycles. The van der Waals surface area contributed by atoms with Crippen LogP contribution in [0, 0.1) is 5.92 Å². The number of allylic oxidation sites excluding steroid dienone is 1. The maximum absolute atomic E-state index is 12.6. The summed E-state index contributed by atoms with van der Waals surface area (Å²) < 4.78 is 0. The quantitative estimate of drug-likeness (QED) is 0.854. The van der Waals surface area contributed by atoms with Crippen molar-refractivity contribution in [3.05, 3.63) is 58.7 Å². The highest BCUT2D eigenvalue weighted by atomic mass is 35.5. The Labute approximate surface area is 142 Å². The monoisotopic (exact) mass is 346 g/mol. The third-order valence-corrected chi connectivity index (χ3v) is 4.14. The third kappa shape index (κ3) is 3.09. The number of halogens is 1. The highest BCUT2D eigenvalue weighted by Gasteiger charge is 2.35. The summed E-state index contributed by atoms with van der Waals surface area (Å²) >= 11 is 11.0. The Kier molecular flexibility index (Phi) is 4.11. The number of carboxylic acid groups (broad SMARTS) is 1. The van der Waals surface area contributed by atoms with Crippen molar-refractivity contribution in [2.75, 3.05) is 0 Å². The Bertz CT molecular complexity index is 796. The molecule has 0 aromatic heterocycles. The number of carbonyl (C=O) groups is 2. The largest absolute Gasteiger partial charge is 0.478 e. The van der Waals surface area contributed by atoms with E-state index < -0.39 is 11.9 Å². The van der Waals surface area contributed by atoms with E-state index in [9.17, 15) is 9.59 Å². The number of rotatable bonds is 3. The van der Waals surface area contributed by atoms with Crippen LogP contribution in [0.4, 0.5) is 0 Å². The molecule has 0 saturated carbocycles. The summed E-state index contributed by atoms with van der Waals surface area (Å²) in [5.41, 5.74) is 1.33. The number of hydrogen-bond acceptors (Lipinski definition) is 3. The second kappa shape index (κ2) is 6.06. The van der Waals surface area contributed by atoms with Crippen LogP contribution < -0.4 is 0 Å². The molecule has 1 aromatic rings. The molecular formula is C16H11ClN2O3S. The first-order valence-corrected chi connectivity index (χ1v) is 7.56. The predicted octanol–water partition coefficient (Wildman–Crippen LogP) is 2.61. The zero-order valence-corrected chi connectivity index (χ0v) is 13.3. The average molecular weight is 347 g/mol. The SMILES string of the molecule is O=C(O)C1=CC2=NC(=S)N(Cc3ccc(Cl)cc3)C(=O)C2C=C1. The molecule has 1 amide bonds. The van der Waals surface area contributed by atoms with Crippen molar-refractivity contribution in [2.45, 2.75) is 6.54 Å². The van der Waals surface area contributed by atoms with Crippen LogP contribution in [-0.2, 0) is 16.1 Å². The molecule has 116 valence electrons. The van der Waals surface area contributed by atoms with Gasteiger partial charge in [0.15, 0.2) is 0 Å². The summed E-state index contributed by atoms with van der Waals surface area (Å²) in [5, 5.41) is 9.76. The second-order valence-corrected chi connectivity index (χ2v) is 5.91. The molecule has 5 nitrogen and oxygen atoms in total. The van der Waals surface area contributed by atoms with Crippen molar-refractivity contribution >= 4 is 46.5 Å². The Morgan fingerprint density at radius 2 is 2.04 bits per heavy atom. The number of amides is 1. The summed E-state index contributed by atoms with van der Waals surface area (Å²) in [6, 6.07) is 7.12. The molecule has 7 heteroatoms. The zero-order valence-electron chi connectivity index (χ0n) is 11.8. The van der Waals surface area contributed by atoms with Crippen LogP contribution in [0.25, 0.3) is 0 Å². The number of benzene rings is 1. The van der Waals surface area contributed by atoms with Crippen molar-refractivity contribution in [2.24, 2.45) is 10.9 Å². The summed E-state index contributed by atoms with van der Waals surface area (Å²) in [4.78, 5) is 29.3. The molecule has 1 aliphatic carbocycles. The Hall–Kier alpha value is -2.31. The summed E-state index contributed by atoms with van der Waals surface area (Å²) in [6.45, 7) is 0.297. The van der Waals surface area contributed by atoms with E-state index in [0.29, 0.717) is 17.3 Å². The smallest absolute Gasteiger partial charge is 0.335 e. The van der Waals surface area contributed by atoms with Crippen molar-refractivity contribution in [3.8, 4) is 0 Å². The van der Waals surface area contributed by atoms with Crippen molar-refractivity contribution in [1.29, 1.82) is 0 Å². The highest BCUT2D eigenvalue weighted by Crippen LogP contribution is 2.24. The fourth-order valence-corrected chi connectivity index (χ4v) is 2.78. The highest BCUT2D eigenvalue weighted by molar-refractivity contribution is 7.80. The number of hydrogen-bond donors (Lipinski definition) is 1. The van der Waals surface area contributed by atoms with Crippen LogP contribution in [0.5, 0.6) is 0 Å². The van der Waals surface area contributed by atoms with Crippen molar-refractivity contribution in [1.82, 2.24) is 4.90 Å². The van der Waals surface area contributed by atoms with Gasteiger partial charge in [0, 0.05) is 5.02 Å². The van der Waals surface area contributed by atoms with Gasteiger partial charge in [-0.05, 0) is 36.0 Å².